The van der Waals surface area contributed by atoms with Crippen LogP contribution >= 0.6 is 45.2 Å². The Labute approximate surface area is 175 Å². The molecule has 25 heavy (non-hydrogen) atoms. The Hall–Kier alpha value is -1.16. The fourth-order valence-corrected chi connectivity index (χ4v) is 3.20. The molecule has 2 aromatic rings. The molecule has 0 aromatic heterocycles. The molecule has 0 bridgehead atoms. The number of nitrogens with one attached hydrogen (secondary N) is 2. The first kappa shape index (κ1) is 20.2. The Kier molecular flexibility index (Phi) is 7.24. The summed E-state index contributed by atoms with van der Waals surface area (Å²) < 4.78 is 2.11. The summed E-state index contributed by atoms with van der Waals surface area (Å²) in [5.74, 6) is -0.270. The van der Waals surface area contributed by atoms with E-state index >= 15 is 0 Å². The van der Waals surface area contributed by atoms with E-state index in [2.05, 4.69) is 55.8 Å². The van der Waals surface area contributed by atoms with Crippen molar-refractivity contribution in [1.82, 2.24) is 10.6 Å². The number of benzene rings is 2. The second-order valence-corrected chi connectivity index (χ2v) is 8.34. The van der Waals surface area contributed by atoms with Gasteiger partial charge in [-0.05, 0) is 101 Å². The van der Waals surface area contributed by atoms with Gasteiger partial charge in [-0.15, -0.1) is 0 Å². The summed E-state index contributed by atoms with van der Waals surface area (Å²) in [7, 11) is 0. The molecule has 1 atom stereocenters. The number of carbonyl (C=O) groups is 2. The Morgan fingerprint density at radius 3 is 1.88 bits per heavy atom. The second-order valence-electron chi connectivity index (χ2n) is 6.01. The third-order valence-electron chi connectivity index (χ3n) is 3.81. The highest BCUT2D eigenvalue weighted by Crippen LogP contribution is 2.14. The van der Waals surface area contributed by atoms with Gasteiger partial charge in [0.15, 0.2) is 0 Å². The van der Waals surface area contributed by atoms with Gasteiger partial charge in [-0.3, -0.25) is 9.59 Å². The van der Waals surface area contributed by atoms with Crippen molar-refractivity contribution < 1.29 is 9.59 Å². The number of hydrogen-bond acceptors (Lipinski definition) is 2. The van der Waals surface area contributed by atoms with Gasteiger partial charge in [0, 0.05) is 30.9 Å². The Morgan fingerprint density at radius 2 is 1.40 bits per heavy atom. The van der Waals surface area contributed by atoms with Gasteiger partial charge in [0.2, 0.25) is 0 Å². The van der Waals surface area contributed by atoms with E-state index in [0.717, 1.165) is 18.3 Å². The van der Waals surface area contributed by atoms with E-state index in [9.17, 15) is 9.59 Å². The molecule has 0 heterocycles. The average Bonchev–Trinajstić information content (AvgIpc) is 2.57. The lowest BCUT2D eigenvalue weighted by Crippen LogP contribution is -2.41. The molecule has 0 radical (unpaired) electrons. The highest BCUT2D eigenvalue weighted by atomic mass is 127. The highest BCUT2D eigenvalue weighted by Gasteiger charge is 2.13. The summed E-state index contributed by atoms with van der Waals surface area (Å²) in [5.41, 5.74) is 3.54. The van der Waals surface area contributed by atoms with Crippen LogP contribution in [0.1, 0.15) is 38.8 Å². The number of rotatable bonds is 5. The topological polar surface area (TPSA) is 58.2 Å². The lowest BCUT2D eigenvalue weighted by atomic mass is 10.1. The minimum Gasteiger partial charge on any atom is -0.350 e. The van der Waals surface area contributed by atoms with Crippen LogP contribution < -0.4 is 10.6 Å². The molecule has 0 saturated heterocycles. The van der Waals surface area contributed by atoms with Crippen LogP contribution in [0.25, 0.3) is 0 Å². The molecule has 0 unspecified atom stereocenters. The number of aryl methyl sites for hydroxylation is 2. The van der Waals surface area contributed by atoms with Gasteiger partial charge in [0.1, 0.15) is 0 Å². The molecule has 0 spiro atoms. The van der Waals surface area contributed by atoms with Crippen LogP contribution in [0.4, 0.5) is 0 Å². The molecule has 132 valence electrons. The van der Waals surface area contributed by atoms with Gasteiger partial charge in [-0.25, -0.2) is 0 Å². The van der Waals surface area contributed by atoms with E-state index in [4.69, 9.17) is 0 Å². The summed E-state index contributed by atoms with van der Waals surface area (Å²) >= 11 is 4.43. The van der Waals surface area contributed by atoms with Crippen molar-refractivity contribution in [2.24, 2.45) is 0 Å². The predicted octanol–water partition coefficient (Wildman–Crippen LogP) is 4.06. The summed E-state index contributed by atoms with van der Waals surface area (Å²) in [6.07, 6.45) is 0. The molecule has 2 aromatic carbocycles. The Bertz CT molecular complexity index is 806. The number of hydrogen-bond donors (Lipinski definition) is 2. The summed E-state index contributed by atoms with van der Waals surface area (Å²) in [6.45, 7) is 6.26. The molecule has 4 nitrogen and oxygen atoms in total. The largest absolute Gasteiger partial charge is 0.350 e. The molecule has 2 amide bonds. The van der Waals surface area contributed by atoms with Crippen molar-refractivity contribution in [2.45, 2.75) is 26.8 Å². The maximum atomic E-state index is 12.3. The first-order valence-corrected chi connectivity index (χ1v) is 10.0. The fraction of sp³-hybridized carbons (Fsp3) is 0.263. The standard InChI is InChI=1S/C19H20I2N2O2/c1-11-4-6-14(8-16(11)20)18(24)22-10-13(3)23-19(25)15-7-5-12(2)17(21)9-15/h4-9,13H,10H2,1-3H3,(H,22,24)(H,23,25)/t13-/m1/s1. The van der Waals surface area contributed by atoms with Crippen molar-refractivity contribution in [2.75, 3.05) is 6.54 Å². The van der Waals surface area contributed by atoms with Crippen LogP contribution in [-0.4, -0.2) is 24.4 Å². The van der Waals surface area contributed by atoms with E-state index in [0.29, 0.717) is 17.7 Å². The number of amides is 2. The summed E-state index contributed by atoms with van der Waals surface area (Å²) in [6, 6.07) is 11.0. The lowest BCUT2D eigenvalue weighted by molar-refractivity contribution is 0.0912. The Morgan fingerprint density at radius 1 is 0.920 bits per heavy atom. The molecule has 0 fully saturated rings. The maximum Gasteiger partial charge on any atom is 0.251 e. The average molecular weight is 562 g/mol. The zero-order valence-corrected chi connectivity index (χ0v) is 18.6. The SMILES string of the molecule is Cc1ccc(C(=O)NC[C@@H](C)NC(=O)c2ccc(C)c(I)c2)cc1I. The van der Waals surface area contributed by atoms with Crippen LogP contribution in [0.5, 0.6) is 0 Å². The lowest BCUT2D eigenvalue weighted by Gasteiger charge is -2.15. The van der Waals surface area contributed by atoms with Gasteiger partial charge >= 0.3 is 0 Å². The van der Waals surface area contributed by atoms with Crippen molar-refractivity contribution in [1.29, 1.82) is 0 Å². The predicted molar refractivity (Wildman–Crippen MR) is 117 cm³/mol. The number of halogens is 2. The van der Waals surface area contributed by atoms with Gasteiger partial charge in [-0.1, -0.05) is 12.1 Å². The monoisotopic (exact) mass is 562 g/mol. The van der Waals surface area contributed by atoms with Gasteiger partial charge < -0.3 is 10.6 Å². The second kappa shape index (κ2) is 8.98. The minimum absolute atomic E-state index is 0.135. The molecule has 0 aliphatic heterocycles. The fourth-order valence-electron chi connectivity index (χ4n) is 2.17. The van der Waals surface area contributed by atoms with Crippen molar-refractivity contribution in [3.05, 3.63) is 65.8 Å². The molecule has 6 heteroatoms. The summed E-state index contributed by atoms with van der Waals surface area (Å²) in [5, 5.41) is 5.78. The van der Waals surface area contributed by atoms with E-state index < -0.39 is 0 Å². The normalized spacial score (nSPS) is 11.7. The Balaban J connectivity index is 1.90. The maximum absolute atomic E-state index is 12.3. The first-order valence-electron chi connectivity index (χ1n) is 7.89. The first-order chi connectivity index (χ1) is 11.8. The van der Waals surface area contributed by atoms with Crippen molar-refractivity contribution in [3.63, 3.8) is 0 Å². The number of carbonyl (C=O) groups excluding carboxylic acids is 2. The van der Waals surface area contributed by atoms with Crippen LogP contribution in [0.2, 0.25) is 0 Å². The summed E-state index contributed by atoms with van der Waals surface area (Å²) in [4.78, 5) is 24.5. The zero-order valence-electron chi connectivity index (χ0n) is 14.3. The minimum atomic E-state index is -0.167. The molecule has 2 rings (SSSR count). The third-order valence-corrected chi connectivity index (χ3v) is 6.14. The molecular formula is C19H20I2N2O2. The van der Waals surface area contributed by atoms with E-state index in [1.54, 1.807) is 0 Å². The quantitative estimate of drug-likeness (QED) is 0.541. The van der Waals surface area contributed by atoms with Crippen LogP contribution in [0.15, 0.2) is 36.4 Å². The van der Waals surface area contributed by atoms with Crippen molar-refractivity contribution >= 4 is 57.0 Å². The zero-order chi connectivity index (χ0) is 18.6. The van der Waals surface area contributed by atoms with E-state index in [1.165, 1.54) is 0 Å². The van der Waals surface area contributed by atoms with Gasteiger partial charge in [0.05, 0.1) is 0 Å². The van der Waals surface area contributed by atoms with Gasteiger partial charge in [-0.2, -0.15) is 0 Å². The third kappa shape index (κ3) is 5.67. The van der Waals surface area contributed by atoms with Crippen LogP contribution in [-0.2, 0) is 0 Å². The van der Waals surface area contributed by atoms with Gasteiger partial charge in [0.25, 0.3) is 11.8 Å². The smallest absolute Gasteiger partial charge is 0.251 e. The molecule has 2 N–H and O–H groups in total. The molecule has 0 saturated carbocycles. The molecular weight excluding hydrogens is 542 g/mol. The molecule has 0 aliphatic rings. The van der Waals surface area contributed by atoms with Crippen molar-refractivity contribution in [3.8, 4) is 0 Å². The molecule has 0 aliphatic carbocycles. The van der Waals surface area contributed by atoms with E-state index in [1.807, 2.05) is 57.2 Å². The highest BCUT2D eigenvalue weighted by molar-refractivity contribution is 14.1. The van der Waals surface area contributed by atoms with Crippen LogP contribution in [0.3, 0.4) is 0 Å². The van der Waals surface area contributed by atoms with E-state index in [-0.39, 0.29) is 17.9 Å². The van der Waals surface area contributed by atoms with Crippen LogP contribution in [0, 0.1) is 21.0 Å².